The molecule has 1 aromatic heterocycles. The first kappa shape index (κ1) is 14.6. The molecule has 1 saturated heterocycles. The van der Waals surface area contributed by atoms with Gasteiger partial charge in [-0.2, -0.15) is 4.98 Å². The standard InChI is InChI=1S/C16H17N3O3S/c1-10-17-15(18-22-10)11-5-4-8-19(11)16(20)13-9-23-14-7-3-2-6-12(14)21-13/h2-3,6-7,11,13H,4-5,8-9H2,1H3. The molecule has 2 unspecified atom stereocenters. The molecular weight excluding hydrogens is 314 g/mol. The second-order valence-electron chi connectivity index (χ2n) is 5.73. The second-order valence-corrected chi connectivity index (χ2v) is 6.79. The quantitative estimate of drug-likeness (QED) is 0.842. The van der Waals surface area contributed by atoms with Crippen LogP contribution in [-0.4, -0.2) is 39.3 Å². The molecule has 2 aliphatic heterocycles. The first-order valence-electron chi connectivity index (χ1n) is 7.71. The molecule has 6 nitrogen and oxygen atoms in total. The number of fused-ring (bicyclic) bond motifs is 1. The van der Waals surface area contributed by atoms with E-state index >= 15 is 0 Å². The van der Waals surface area contributed by atoms with E-state index in [1.54, 1.807) is 18.7 Å². The van der Waals surface area contributed by atoms with Gasteiger partial charge in [-0.25, -0.2) is 0 Å². The van der Waals surface area contributed by atoms with Gasteiger partial charge in [0.15, 0.2) is 11.9 Å². The normalized spacial score (nSPS) is 23.4. The molecule has 4 rings (SSSR count). The molecule has 120 valence electrons. The van der Waals surface area contributed by atoms with Gasteiger partial charge in [-0.05, 0) is 25.0 Å². The molecule has 7 heteroatoms. The van der Waals surface area contributed by atoms with Gasteiger partial charge in [-0.3, -0.25) is 4.79 Å². The van der Waals surface area contributed by atoms with E-state index < -0.39 is 6.10 Å². The van der Waals surface area contributed by atoms with Gasteiger partial charge in [0, 0.05) is 24.1 Å². The third kappa shape index (κ3) is 2.69. The minimum Gasteiger partial charge on any atom is -0.479 e. The summed E-state index contributed by atoms with van der Waals surface area (Å²) in [5.41, 5.74) is 0. The van der Waals surface area contributed by atoms with Crippen LogP contribution >= 0.6 is 11.8 Å². The van der Waals surface area contributed by atoms with Crippen molar-refractivity contribution < 1.29 is 14.1 Å². The van der Waals surface area contributed by atoms with Crippen LogP contribution in [0.5, 0.6) is 5.75 Å². The van der Waals surface area contributed by atoms with Crippen molar-refractivity contribution in [3.63, 3.8) is 0 Å². The number of hydrogen-bond donors (Lipinski definition) is 0. The molecule has 0 saturated carbocycles. The first-order chi connectivity index (χ1) is 11.2. The van der Waals surface area contributed by atoms with Crippen molar-refractivity contribution in [2.24, 2.45) is 0 Å². The molecule has 2 aliphatic rings. The molecule has 0 radical (unpaired) electrons. The van der Waals surface area contributed by atoms with Crippen molar-refractivity contribution in [1.29, 1.82) is 0 Å². The van der Waals surface area contributed by atoms with Crippen molar-refractivity contribution in [2.75, 3.05) is 12.3 Å². The average Bonchev–Trinajstić information content (AvgIpc) is 3.22. The SMILES string of the molecule is Cc1nc(C2CCCN2C(=O)C2CSc3ccccc3O2)no1. The van der Waals surface area contributed by atoms with Crippen molar-refractivity contribution >= 4 is 17.7 Å². The Hall–Kier alpha value is -2.02. The Kier molecular flexibility index (Phi) is 3.72. The minimum atomic E-state index is -0.455. The number of thioether (sulfide) groups is 1. The maximum absolute atomic E-state index is 12.9. The topological polar surface area (TPSA) is 68.5 Å². The Morgan fingerprint density at radius 3 is 3.09 bits per heavy atom. The summed E-state index contributed by atoms with van der Waals surface area (Å²) in [6, 6.07) is 7.72. The lowest BCUT2D eigenvalue weighted by Crippen LogP contribution is -2.44. The number of amides is 1. The van der Waals surface area contributed by atoms with Gasteiger partial charge in [0.1, 0.15) is 5.75 Å². The molecule has 23 heavy (non-hydrogen) atoms. The zero-order valence-corrected chi connectivity index (χ0v) is 13.6. The van der Waals surface area contributed by atoms with Gasteiger partial charge in [0.2, 0.25) is 5.89 Å². The van der Waals surface area contributed by atoms with Crippen LogP contribution in [0.1, 0.15) is 30.6 Å². The monoisotopic (exact) mass is 331 g/mol. The van der Waals surface area contributed by atoms with Crippen LogP contribution in [-0.2, 0) is 4.79 Å². The number of aryl methyl sites for hydroxylation is 1. The number of benzene rings is 1. The molecule has 0 bridgehead atoms. The van der Waals surface area contributed by atoms with Gasteiger partial charge < -0.3 is 14.2 Å². The molecule has 3 heterocycles. The highest BCUT2D eigenvalue weighted by Gasteiger charge is 2.38. The van der Waals surface area contributed by atoms with Crippen molar-refractivity contribution in [3.8, 4) is 5.75 Å². The van der Waals surface area contributed by atoms with Gasteiger partial charge >= 0.3 is 0 Å². The number of rotatable bonds is 2. The largest absolute Gasteiger partial charge is 0.479 e. The molecule has 2 atom stereocenters. The van der Waals surface area contributed by atoms with Crippen molar-refractivity contribution in [2.45, 2.75) is 36.8 Å². The Morgan fingerprint density at radius 2 is 2.26 bits per heavy atom. The zero-order chi connectivity index (χ0) is 15.8. The summed E-state index contributed by atoms with van der Waals surface area (Å²) < 4.78 is 11.0. The summed E-state index contributed by atoms with van der Waals surface area (Å²) in [6.45, 7) is 2.47. The number of carbonyl (C=O) groups excluding carboxylic acids is 1. The van der Waals surface area contributed by atoms with Crippen LogP contribution in [0.4, 0.5) is 0 Å². The number of aromatic nitrogens is 2. The van der Waals surface area contributed by atoms with Crippen LogP contribution in [0, 0.1) is 6.92 Å². The highest BCUT2D eigenvalue weighted by Crippen LogP contribution is 2.37. The van der Waals surface area contributed by atoms with Crippen LogP contribution in [0.25, 0.3) is 0 Å². The third-order valence-corrected chi connectivity index (χ3v) is 5.28. The third-order valence-electron chi connectivity index (χ3n) is 4.16. The number of hydrogen-bond acceptors (Lipinski definition) is 6. The summed E-state index contributed by atoms with van der Waals surface area (Å²) in [5, 5.41) is 3.99. The van der Waals surface area contributed by atoms with Gasteiger partial charge in [0.25, 0.3) is 5.91 Å². The number of likely N-dealkylation sites (tertiary alicyclic amines) is 1. The fourth-order valence-electron chi connectivity index (χ4n) is 3.08. The zero-order valence-electron chi connectivity index (χ0n) is 12.8. The van der Waals surface area contributed by atoms with Gasteiger partial charge in [0.05, 0.1) is 6.04 Å². The Morgan fingerprint density at radius 1 is 1.39 bits per heavy atom. The molecule has 0 aliphatic carbocycles. The summed E-state index contributed by atoms with van der Waals surface area (Å²) in [4.78, 5) is 20.1. The highest BCUT2D eigenvalue weighted by molar-refractivity contribution is 7.99. The molecule has 0 spiro atoms. The summed E-state index contributed by atoms with van der Waals surface area (Å²) in [5.74, 6) is 2.55. The Labute approximate surface area is 138 Å². The predicted molar refractivity (Wildman–Crippen MR) is 84.3 cm³/mol. The predicted octanol–water partition coefficient (Wildman–Crippen LogP) is 2.59. The van der Waals surface area contributed by atoms with Crippen molar-refractivity contribution in [3.05, 3.63) is 36.0 Å². The lowest BCUT2D eigenvalue weighted by molar-refractivity contribution is -0.139. The van der Waals surface area contributed by atoms with E-state index in [2.05, 4.69) is 10.1 Å². The van der Waals surface area contributed by atoms with E-state index in [0.717, 1.165) is 23.5 Å². The summed E-state index contributed by atoms with van der Waals surface area (Å²) in [7, 11) is 0. The van der Waals surface area contributed by atoms with Crippen LogP contribution in [0.3, 0.4) is 0 Å². The van der Waals surface area contributed by atoms with Crippen LogP contribution in [0.15, 0.2) is 33.7 Å². The molecular formula is C16H17N3O3S. The number of carbonyl (C=O) groups is 1. The lowest BCUT2D eigenvalue weighted by Gasteiger charge is -2.30. The Balaban J connectivity index is 1.52. The van der Waals surface area contributed by atoms with E-state index in [0.29, 0.717) is 24.0 Å². The van der Waals surface area contributed by atoms with E-state index in [-0.39, 0.29) is 11.9 Å². The fraction of sp³-hybridized carbons (Fsp3) is 0.438. The minimum absolute atomic E-state index is 0.0111. The van der Waals surface area contributed by atoms with E-state index in [1.807, 2.05) is 29.2 Å². The van der Waals surface area contributed by atoms with Gasteiger partial charge in [-0.15, -0.1) is 11.8 Å². The van der Waals surface area contributed by atoms with Crippen molar-refractivity contribution in [1.82, 2.24) is 15.0 Å². The Bertz CT molecular complexity index is 733. The maximum Gasteiger partial charge on any atom is 0.265 e. The molecule has 1 fully saturated rings. The highest BCUT2D eigenvalue weighted by atomic mass is 32.2. The average molecular weight is 331 g/mol. The summed E-state index contributed by atoms with van der Waals surface area (Å²) in [6.07, 6.45) is 1.35. The lowest BCUT2D eigenvalue weighted by atomic mass is 10.2. The summed E-state index contributed by atoms with van der Waals surface area (Å²) >= 11 is 1.66. The second kappa shape index (κ2) is 5.88. The first-order valence-corrected chi connectivity index (χ1v) is 8.70. The maximum atomic E-state index is 12.9. The van der Waals surface area contributed by atoms with Crippen LogP contribution < -0.4 is 4.74 Å². The fourth-order valence-corrected chi connectivity index (χ4v) is 4.05. The number of nitrogens with zero attached hydrogens (tertiary/aromatic N) is 3. The molecule has 1 amide bonds. The van der Waals surface area contributed by atoms with E-state index in [4.69, 9.17) is 9.26 Å². The van der Waals surface area contributed by atoms with E-state index in [9.17, 15) is 4.79 Å². The number of para-hydroxylation sites is 1. The molecule has 1 aromatic carbocycles. The molecule has 0 N–H and O–H groups in total. The van der Waals surface area contributed by atoms with Crippen LogP contribution in [0.2, 0.25) is 0 Å². The molecule has 2 aromatic rings. The number of ether oxygens (including phenoxy) is 1. The smallest absolute Gasteiger partial charge is 0.265 e. The van der Waals surface area contributed by atoms with Gasteiger partial charge in [-0.1, -0.05) is 17.3 Å². The van der Waals surface area contributed by atoms with E-state index in [1.165, 1.54) is 0 Å².